The van der Waals surface area contributed by atoms with Crippen molar-refractivity contribution in [3.05, 3.63) is 95.5 Å². The summed E-state index contributed by atoms with van der Waals surface area (Å²) in [7, 11) is 0. The molecule has 0 bridgehead atoms. The summed E-state index contributed by atoms with van der Waals surface area (Å²) >= 11 is 6.04. The smallest absolute Gasteiger partial charge is 0.275 e. The van der Waals surface area contributed by atoms with Crippen LogP contribution in [0.25, 0.3) is 22.5 Å². The summed E-state index contributed by atoms with van der Waals surface area (Å²) in [5.74, 6) is -0.0406. The van der Waals surface area contributed by atoms with E-state index < -0.39 is 0 Å². The zero-order valence-electron chi connectivity index (χ0n) is 15.7. The second-order valence-corrected chi connectivity index (χ2v) is 7.21. The van der Waals surface area contributed by atoms with Gasteiger partial charge >= 0.3 is 0 Å². The molecule has 0 unspecified atom stereocenters. The minimum atomic E-state index is -0.266. The van der Waals surface area contributed by atoms with E-state index >= 15 is 0 Å². The van der Waals surface area contributed by atoms with Crippen LogP contribution in [0.4, 0.5) is 11.6 Å². The number of hydrogen-bond acceptors (Lipinski definition) is 4. The van der Waals surface area contributed by atoms with Crippen LogP contribution in [0.2, 0.25) is 5.02 Å². The molecular weight excluding hydrogens is 396 g/mol. The van der Waals surface area contributed by atoms with Gasteiger partial charge in [0.1, 0.15) is 5.71 Å². The molecule has 5 nitrogen and oxygen atoms in total. The van der Waals surface area contributed by atoms with Gasteiger partial charge < -0.3 is 5.32 Å². The first kappa shape index (κ1) is 18.2. The summed E-state index contributed by atoms with van der Waals surface area (Å²) in [5, 5.41) is 3.48. The Morgan fingerprint density at radius 2 is 1.40 bits per heavy atom. The molecule has 0 fully saturated rings. The number of fused-ring (bicyclic) bond motifs is 1. The Kier molecular flexibility index (Phi) is 4.58. The molecule has 1 amide bonds. The molecule has 0 saturated carbocycles. The van der Waals surface area contributed by atoms with Gasteiger partial charge in [-0.3, -0.25) is 4.79 Å². The molecule has 1 aliphatic rings. The van der Waals surface area contributed by atoms with Gasteiger partial charge in [0, 0.05) is 21.7 Å². The number of aromatic nitrogens is 2. The highest BCUT2D eigenvalue weighted by Crippen LogP contribution is 2.29. The monoisotopic (exact) mass is 410 g/mol. The Hall–Kier alpha value is -3.83. The lowest BCUT2D eigenvalue weighted by molar-refractivity contribution is -0.110. The number of rotatable bonds is 3. The van der Waals surface area contributed by atoms with Crippen molar-refractivity contribution in [2.75, 3.05) is 5.32 Å². The van der Waals surface area contributed by atoms with E-state index in [9.17, 15) is 4.79 Å². The average molecular weight is 411 g/mol. The fraction of sp³-hybridized carbons (Fsp3) is 0. The third kappa shape index (κ3) is 3.47. The number of hydrogen-bond donors (Lipinski definition) is 1. The number of anilines is 1. The number of halogens is 1. The highest BCUT2D eigenvalue weighted by Gasteiger charge is 2.26. The number of carbonyl (C=O) groups is 1. The molecule has 1 aromatic heterocycles. The van der Waals surface area contributed by atoms with Crippen molar-refractivity contribution >= 4 is 34.9 Å². The average Bonchev–Trinajstić information content (AvgIpc) is 3.10. The van der Waals surface area contributed by atoms with Crippen molar-refractivity contribution in [1.29, 1.82) is 0 Å². The molecule has 0 saturated heterocycles. The third-order valence-corrected chi connectivity index (χ3v) is 5.03. The molecular formula is C24H15ClN4O. The topological polar surface area (TPSA) is 67.2 Å². The third-order valence-electron chi connectivity index (χ3n) is 4.78. The van der Waals surface area contributed by atoms with Gasteiger partial charge in [-0.25, -0.2) is 15.0 Å². The van der Waals surface area contributed by atoms with Crippen molar-refractivity contribution < 1.29 is 4.79 Å². The Bertz CT molecular complexity index is 1280. The van der Waals surface area contributed by atoms with Gasteiger partial charge in [-0.15, -0.1) is 0 Å². The van der Waals surface area contributed by atoms with Gasteiger partial charge in [-0.2, -0.15) is 0 Å². The van der Waals surface area contributed by atoms with Crippen LogP contribution in [0.3, 0.4) is 0 Å². The van der Waals surface area contributed by atoms with Gasteiger partial charge in [-0.1, -0.05) is 72.3 Å². The van der Waals surface area contributed by atoms with E-state index in [1.807, 2.05) is 84.9 Å². The maximum atomic E-state index is 12.5. The number of nitrogens with one attached hydrogen (secondary N) is 1. The molecule has 30 heavy (non-hydrogen) atoms. The molecule has 2 heterocycles. The SMILES string of the molecule is O=C1Nc2ccccc2/C1=N/c1nc(-c2ccccc2)cc(-c2ccc(Cl)cc2)n1. The predicted molar refractivity (Wildman–Crippen MR) is 119 cm³/mol. The molecule has 4 aromatic rings. The van der Waals surface area contributed by atoms with E-state index in [-0.39, 0.29) is 11.9 Å². The summed E-state index contributed by atoms with van der Waals surface area (Å²) in [4.78, 5) is 26.2. The Labute approximate surface area is 178 Å². The van der Waals surface area contributed by atoms with E-state index in [1.165, 1.54) is 0 Å². The summed E-state index contributed by atoms with van der Waals surface area (Å²) in [5.41, 5.74) is 5.03. The van der Waals surface area contributed by atoms with E-state index in [2.05, 4.69) is 20.3 Å². The van der Waals surface area contributed by atoms with Gasteiger partial charge in [-0.05, 0) is 24.3 Å². The van der Waals surface area contributed by atoms with Gasteiger partial charge in [0.15, 0.2) is 0 Å². The van der Waals surface area contributed by atoms with Crippen LogP contribution in [-0.4, -0.2) is 21.6 Å². The molecule has 0 atom stereocenters. The number of aliphatic imine (C=N–C) groups is 1. The van der Waals surface area contributed by atoms with Crippen LogP contribution in [0, 0.1) is 0 Å². The molecule has 6 heteroatoms. The van der Waals surface area contributed by atoms with Gasteiger partial charge in [0.2, 0.25) is 0 Å². The first-order chi connectivity index (χ1) is 14.7. The second-order valence-electron chi connectivity index (χ2n) is 6.77. The predicted octanol–water partition coefficient (Wildman–Crippen LogP) is 5.54. The van der Waals surface area contributed by atoms with Crippen LogP contribution in [0.15, 0.2) is 89.9 Å². The van der Waals surface area contributed by atoms with Crippen molar-refractivity contribution in [1.82, 2.24) is 9.97 Å². The lowest BCUT2D eigenvalue weighted by Crippen LogP contribution is -2.14. The van der Waals surface area contributed by atoms with E-state index in [0.717, 1.165) is 28.1 Å². The summed E-state index contributed by atoms with van der Waals surface area (Å²) < 4.78 is 0. The molecule has 1 N–H and O–H groups in total. The first-order valence-corrected chi connectivity index (χ1v) is 9.75. The number of carbonyl (C=O) groups excluding carboxylic acids is 1. The second kappa shape index (κ2) is 7.54. The highest BCUT2D eigenvalue weighted by molar-refractivity contribution is 6.54. The number of amides is 1. The Morgan fingerprint density at radius 1 is 0.767 bits per heavy atom. The fourth-order valence-corrected chi connectivity index (χ4v) is 3.45. The van der Waals surface area contributed by atoms with Crippen LogP contribution in [0.1, 0.15) is 5.56 Å². The first-order valence-electron chi connectivity index (χ1n) is 9.37. The quantitative estimate of drug-likeness (QED) is 0.482. The van der Waals surface area contributed by atoms with Crippen molar-refractivity contribution in [3.8, 4) is 22.5 Å². The van der Waals surface area contributed by atoms with Crippen LogP contribution in [-0.2, 0) is 4.79 Å². The zero-order valence-corrected chi connectivity index (χ0v) is 16.5. The summed E-state index contributed by atoms with van der Waals surface area (Å²) in [6.07, 6.45) is 0. The molecule has 144 valence electrons. The van der Waals surface area contributed by atoms with E-state index in [0.29, 0.717) is 16.4 Å². The number of para-hydroxylation sites is 1. The van der Waals surface area contributed by atoms with Crippen molar-refractivity contribution in [2.45, 2.75) is 0 Å². The molecule has 1 aliphatic heterocycles. The van der Waals surface area contributed by atoms with Crippen LogP contribution >= 0.6 is 11.6 Å². The highest BCUT2D eigenvalue weighted by atomic mass is 35.5. The minimum Gasteiger partial charge on any atom is -0.320 e. The maximum Gasteiger partial charge on any atom is 0.275 e. The fourth-order valence-electron chi connectivity index (χ4n) is 3.32. The largest absolute Gasteiger partial charge is 0.320 e. The number of benzene rings is 3. The normalized spacial score (nSPS) is 13.9. The van der Waals surface area contributed by atoms with Crippen LogP contribution < -0.4 is 5.32 Å². The standard InChI is InChI=1S/C24H15ClN4O/c25-17-12-10-16(11-13-17)21-14-20(15-6-2-1-3-7-15)27-24(28-21)29-22-18-8-4-5-9-19(18)26-23(22)30/h1-14H,(H,26,27,28,29,30). The molecule has 0 radical (unpaired) electrons. The van der Waals surface area contributed by atoms with Gasteiger partial charge in [0.05, 0.1) is 17.1 Å². The number of nitrogens with zero attached hydrogens (tertiary/aromatic N) is 3. The Balaban J connectivity index is 1.67. The van der Waals surface area contributed by atoms with E-state index in [1.54, 1.807) is 0 Å². The zero-order chi connectivity index (χ0) is 20.5. The molecule has 5 rings (SSSR count). The molecule has 0 aliphatic carbocycles. The van der Waals surface area contributed by atoms with Crippen molar-refractivity contribution in [3.63, 3.8) is 0 Å². The van der Waals surface area contributed by atoms with E-state index in [4.69, 9.17) is 11.6 Å². The minimum absolute atomic E-state index is 0.225. The maximum absolute atomic E-state index is 12.5. The summed E-state index contributed by atoms with van der Waals surface area (Å²) in [6, 6.07) is 26.6. The van der Waals surface area contributed by atoms with Crippen molar-refractivity contribution in [2.24, 2.45) is 4.99 Å². The Morgan fingerprint density at radius 3 is 2.13 bits per heavy atom. The lowest BCUT2D eigenvalue weighted by atomic mass is 10.1. The lowest BCUT2D eigenvalue weighted by Gasteiger charge is -2.07. The van der Waals surface area contributed by atoms with Gasteiger partial charge in [0.25, 0.3) is 11.9 Å². The molecule has 3 aromatic carbocycles. The molecule has 0 spiro atoms. The summed E-state index contributed by atoms with van der Waals surface area (Å²) in [6.45, 7) is 0. The van der Waals surface area contributed by atoms with Crippen LogP contribution in [0.5, 0.6) is 0 Å².